The molecule has 5 rings (SSSR count). The van der Waals surface area contributed by atoms with E-state index in [1.54, 1.807) is 24.6 Å². The number of benzene rings is 2. The van der Waals surface area contributed by atoms with Gasteiger partial charge in [-0.1, -0.05) is 17.4 Å². The summed E-state index contributed by atoms with van der Waals surface area (Å²) in [4.78, 5) is 23.7. The van der Waals surface area contributed by atoms with Crippen LogP contribution in [0.4, 0.5) is 10.8 Å². The van der Waals surface area contributed by atoms with Gasteiger partial charge in [0.05, 0.1) is 28.8 Å². The molecule has 1 N–H and O–H groups in total. The Morgan fingerprint density at radius 1 is 1.18 bits per heavy atom. The lowest BCUT2D eigenvalue weighted by atomic mass is 10.00. The van der Waals surface area contributed by atoms with Crippen LogP contribution in [-0.4, -0.2) is 36.1 Å². The van der Waals surface area contributed by atoms with E-state index in [1.165, 1.54) is 0 Å². The molecule has 1 amide bonds. The number of pyridine rings is 1. The highest BCUT2D eigenvalue weighted by Gasteiger charge is 2.34. The Morgan fingerprint density at radius 3 is 2.89 bits per heavy atom. The number of thiazole rings is 1. The third-order valence-corrected chi connectivity index (χ3v) is 6.06. The summed E-state index contributed by atoms with van der Waals surface area (Å²) in [6, 6.07) is 15.5. The summed E-state index contributed by atoms with van der Waals surface area (Å²) in [5, 5.41) is 4.99. The number of nitrogens with zero attached hydrogens (tertiary/aromatic N) is 3. The number of methoxy groups -OCH3 is 1. The highest BCUT2D eigenvalue weighted by molar-refractivity contribution is 7.22. The van der Waals surface area contributed by atoms with E-state index in [-0.39, 0.29) is 11.8 Å². The van der Waals surface area contributed by atoms with Crippen LogP contribution in [0, 0.1) is 5.92 Å². The Balaban J connectivity index is 1.25. The number of anilines is 2. The molecule has 140 valence electrons. The van der Waals surface area contributed by atoms with Gasteiger partial charge in [-0.25, -0.2) is 4.98 Å². The van der Waals surface area contributed by atoms with Gasteiger partial charge in [0, 0.05) is 30.4 Å². The van der Waals surface area contributed by atoms with Crippen molar-refractivity contribution >= 4 is 49.2 Å². The fourth-order valence-corrected chi connectivity index (χ4v) is 4.37. The minimum atomic E-state index is -0.0360. The number of nitrogens with one attached hydrogen (secondary N) is 1. The molecule has 2 aromatic carbocycles. The van der Waals surface area contributed by atoms with E-state index in [0.717, 1.165) is 37.7 Å². The van der Waals surface area contributed by atoms with Crippen molar-refractivity contribution in [3.05, 3.63) is 54.7 Å². The van der Waals surface area contributed by atoms with Gasteiger partial charge in [-0.05, 0) is 42.5 Å². The lowest BCUT2D eigenvalue weighted by Crippen LogP contribution is -2.52. The van der Waals surface area contributed by atoms with Crippen LogP contribution in [0.1, 0.15) is 0 Å². The lowest BCUT2D eigenvalue weighted by Gasteiger charge is -2.37. The van der Waals surface area contributed by atoms with E-state index >= 15 is 0 Å². The molecule has 1 saturated heterocycles. The Labute approximate surface area is 165 Å². The molecule has 2 aromatic heterocycles. The minimum Gasteiger partial charge on any atom is -0.497 e. The molecule has 1 aliphatic rings. The monoisotopic (exact) mass is 390 g/mol. The Bertz CT molecular complexity index is 1180. The number of hydrogen-bond acceptors (Lipinski definition) is 6. The lowest BCUT2D eigenvalue weighted by molar-refractivity contribution is -0.120. The number of aromatic nitrogens is 2. The van der Waals surface area contributed by atoms with Gasteiger partial charge in [-0.15, -0.1) is 0 Å². The second-order valence-electron chi connectivity index (χ2n) is 6.83. The van der Waals surface area contributed by atoms with E-state index in [1.807, 2.05) is 48.5 Å². The van der Waals surface area contributed by atoms with Crippen molar-refractivity contribution in [2.45, 2.75) is 0 Å². The van der Waals surface area contributed by atoms with Crippen LogP contribution in [0.3, 0.4) is 0 Å². The molecule has 3 heterocycles. The standard InChI is InChI=1S/C21H18N4O2S/c1-27-16-5-7-18-19(10-16)28-21(24-18)25-11-14(12-25)20(26)23-15-4-6-17-13(9-15)3-2-8-22-17/h2-10,14H,11-12H2,1H3,(H,23,26). The van der Waals surface area contributed by atoms with Crippen LogP contribution < -0.4 is 15.0 Å². The fourth-order valence-electron chi connectivity index (χ4n) is 3.35. The Morgan fingerprint density at radius 2 is 2.04 bits per heavy atom. The molecule has 1 aliphatic heterocycles. The van der Waals surface area contributed by atoms with Gasteiger partial charge >= 0.3 is 0 Å². The average Bonchev–Trinajstić information content (AvgIpc) is 3.09. The molecule has 0 unspecified atom stereocenters. The van der Waals surface area contributed by atoms with Crippen molar-refractivity contribution in [1.82, 2.24) is 9.97 Å². The second kappa shape index (κ2) is 6.76. The molecule has 28 heavy (non-hydrogen) atoms. The van der Waals surface area contributed by atoms with E-state index in [2.05, 4.69) is 20.2 Å². The van der Waals surface area contributed by atoms with Crippen LogP contribution in [0.5, 0.6) is 5.75 Å². The van der Waals surface area contributed by atoms with Crippen molar-refractivity contribution < 1.29 is 9.53 Å². The molecule has 0 aliphatic carbocycles. The zero-order chi connectivity index (χ0) is 19.1. The Kier molecular flexibility index (Phi) is 4.09. The smallest absolute Gasteiger partial charge is 0.231 e. The topological polar surface area (TPSA) is 67.3 Å². The van der Waals surface area contributed by atoms with Gasteiger partial charge in [-0.2, -0.15) is 0 Å². The van der Waals surface area contributed by atoms with Gasteiger partial charge < -0.3 is 15.0 Å². The van der Waals surface area contributed by atoms with Gasteiger partial charge in [0.1, 0.15) is 5.75 Å². The summed E-state index contributed by atoms with van der Waals surface area (Å²) in [5.74, 6) is 0.836. The molecule has 7 heteroatoms. The number of carbonyl (C=O) groups excluding carboxylic acids is 1. The van der Waals surface area contributed by atoms with Crippen LogP contribution >= 0.6 is 11.3 Å². The van der Waals surface area contributed by atoms with Gasteiger partial charge in [0.2, 0.25) is 5.91 Å². The number of carbonyl (C=O) groups is 1. The number of amides is 1. The first-order valence-corrected chi connectivity index (χ1v) is 9.86. The molecule has 0 atom stereocenters. The summed E-state index contributed by atoms with van der Waals surface area (Å²) in [6.45, 7) is 1.36. The average molecular weight is 390 g/mol. The first-order chi connectivity index (χ1) is 13.7. The zero-order valence-electron chi connectivity index (χ0n) is 15.3. The maximum absolute atomic E-state index is 12.6. The summed E-state index contributed by atoms with van der Waals surface area (Å²) in [6.07, 6.45) is 1.77. The predicted molar refractivity (Wildman–Crippen MR) is 112 cm³/mol. The van der Waals surface area contributed by atoms with Crippen molar-refractivity contribution in [1.29, 1.82) is 0 Å². The van der Waals surface area contributed by atoms with Crippen LogP contribution in [-0.2, 0) is 4.79 Å². The fraction of sp³-hybridized carbons (Fsp3) is 0.190. The summed E-state index contributed by atoms with van der Waals surface area (Å²) in [5.41, 5.74) is 2.68. The molecule has 0 spiro atoms. The number of rotatable bonds is 4. The van der Waals surface area contributed by atoms with Crippen molar-refractivity contribution in [3.63, 3.8) is 0 Å². The number of fused-ring (bicyclic) bond motifs is 2. The highest BCUT2D eigenvalue weighted by atomic mass is 32.1. The van der Waals surface area contributed by atoms with E-state index in [0.29, 0.717) is 13.1 Å². The number of ether oxygens (including phenoxy) is 1. The SMILES string of the molecule is COc1ccc2nc(N3CC(C(=O)Nc4ccc5ncccc5c4)C3)sc2c1. The molecule has 6 nitrogen and oxygen atoms in total. The zero-order valence-corrected chi connectivity index (χ0v) is 16.1. The summed E-state index contributed by atoms with van der Waals surface area (Å²) >= 11 is 1.63. The molecular formula is C21H18N4O2S. The maximum Gasteiger partial charge on any atom is 0.231 e. The first kappa shape index (κ1) is 16.9. The first-order valence-electron chi connectivity index (χ1n) is 9.05. The van der Waals surface area contributed by atoms with Gasteiger partial charge in [-0.3, -0.25) is 9.78 Å². The highest BCUT2D eigenvalue weighted by Crippen LogP contribution is 2.34. The summed E-state index contributed by atoms with van der Waals surface area (Å²) < 4.78 is 6.36. The molecular weight excluding hydrogens is 372 g/mol. The minimum absolute atomic E-state index is 0.0360. The third-order valence-electron chi connectivity index (χ3n) is 4.98. The third kappa shape index (κ3) is 3.03. The molecule has 0 radical (unpaired) electrons. The second-order valence-corrected chi connectivity index (χ2v) is 7.84. The molecule has 1 fully saturated rings. The van der Waals surface area contributed by atoms with Crippen molar-refractivity contribution in [3.8, 4) is 5.75 Å². The maximum atomic E-state index is 12.6. The number of hydrogen-bond donors (Lipinski definition) is 1. The quantitative estimate of drug-likeness (QED) is 0.572. The molecule has 0 bridgehead atoms. The Hall–Kier alpha value is -3.19. The van der Waals surface area contributed by atoms with E-state index in [9.17, 15) is 4.79 Å². The molecule has 0 saturated carbocycles. The van der Waals surface area contributed by atoms with Crippen molar-refractivity contribution in [2.75, 3.05) is 30.4 Å². The summed E-state index contributed by atoms with van der Waals surface area (Å²) in [7, 11) is 1.66. The van der Waals surface area contributed by atoms with Crippen molar-refractivity contribution in [2.24, 2.45) is 5.92 Å². The molecule has 4 aromatic rings. The normalized spacial score (nSPS) is 14.2. The van der Waals surface area contributed by atoms with Crippen LogP contribution in [0.2, 0.25) is 0 Å². The van der Waals surface area contributed by atoms with Crippen LogP contribution in [0.15, 0.2) is 54.7 Å². The van der Waals surface area contributed by atoms with E-state index in [4.69, 9.17) is 4.74 Å². The predicted octanol–water partition coefficient (Wildman–Crippen LogP) is 3.93. The largest absolute Gasteiger partial charge is 0.497 e. The van der Waals surface area contributed by atoms with E-state index < -0.39 is 0 Å². The van der Waals surface area contributed by atoms with Gasteiger partial charge in [0.15, 0.2) is 5.13 Å². The van der Waals surface area contributed by atoms with Gasteiger partial charge in [0.25, 0.3) is 0 Å². The van der Waals surface area contributed by atoms with Crippen LogP contribution in [0.25, 0.3) is 21.1 Å².